The van der Waals surface area contributed by atoms with Crippen LogP contribution in [0.3, 0.4) is 0 Å². The molecule has 0 radical (unpaired) electrons. The maximum Gasteiger partial charge on any atom is 0.188 e. The molecular formula is C26H28ClN7OS. The Hall–Kier alpha value is -2.88. The van der Waals surface area contributed by atoms with Gasteiger partial charge in [-0.15, -0.1) is 0 Å². The van der Waals surface area contributed by atoms with Gasteiger partial charge in [0.25, 0.3) is 0 Å². The minimum Gasteiger partial charge on any atom is -0.382 e. The number of nitrogen functional groups attached to an aromatic ring is 2. The summed E-state index contributed by atoms with van der Waals surface area (Å²) >= 11 is 7.58. The molecule has 3 heterocycles. The third-order valence-corrected chi connectivity index (χ3v) is 9.35. The van der Waals surface area contributed by atoms with Crippen molar-refractivity contribution in [2.24, 2.45) is 17.1 Å². The summed E-state index contributed by atoms with van der Waals surface area (Å²) in [4.78, 5) is 29.6. The molecule has 1 aromatic carbocycles. The van der Waals surface area contributed by atoms with Gasteiger partial charge in [-0.25, -0.2) is 15.0 Å². The van der Waals surface area contributed by atoms with Crippen LogP contribution in [-0.4, -0.2) is 33.8 Å². The first kappa shape index (κ1) is 23.5. The van der Waals surface area contributed by atoms with E-state index in [0.717, 1.165) is 45.2 Å². The SMILES string of the molecule is Nc1nc(N2CCC3(CC2)Cc2ccccc2[C@H]3N)c(C(=O)C2CC2)nc1Sc1ccnc(N)c1Cl. The van der Waals surface area contributed by atoms with Gasteiger partial charge in [0.2, 0.25) is 0 Å². The second-order valence-electron chi connectivity index (χ2n) is 10.0. The lowest BCUT2D eigenvalue weighted by molar-refractivity contribution is 0.0962. The molecule has 1 saturated carbocycles. The fraction of sp³-hybridized carbons (Fsp3) is 0.385. The average Bonchev–Trinajstić information content (AvgIpc) is 3.70. The van der Waals surface area contributed by atoms with Crippen LogP contribution in [0.2, 0.25) is 5.02 Å². The number of aromatic nitrogens is 3. The fourth-order valence-electron chi connectivity index (χ4n) is 5.52. The molecule has 2 aromatic heterocycles. The largest absolute Gasteiger partial charge is 0.382 e. The number of pyridine rings is 1. The highest BCUT2D eigenvalue weighted by atomic mass is 35.5. The van der Waals surface area contributed by atoms with Crippen molar-refractivity contribution in [3.05, 3.63) is 58.4 Å². The number of halogens is 1. The summed E-state index contributed by atoms with van der Waals surface area (Å²) in [6.07, 6.45) is 6.18. The number of fused-ring (bicyclic) bond motifs is 1. The molecule has 1 saturated heterocycles. The maximum absolute atomic E-state index is 13.3. The zero-order chi connectivity index (χ0) is 25.0. The standard InChI is InChI=1S/C26H28ClN7OS/c27-18-17(7-10-31-22(18)29)36-25-23(30)33-24(19(32-25)20(35)14-5-6-14)34-11-8-26(9-12-34)13-15-3-1-2-4-16(15)21(26)28/h1-4,7,10,14,21H,5-6,8-9,11-13,28H2,(H2,29,31)(H2,30,33)/t21-/m1/s1. The van der Waals surface area contributed by atoms with Crippen LogP contribution in [0.5, 0.6) is 0 Å². The summed E-state index contributed by atoms with van der Waals surface area (Å²) < 4.78 is 0. The van der Waals surface area contributed by atoms with Gasteiger partial charge in [0, 0.05) is 36.1 Å². The Balaban J connectivity index is 1.29. The number of hydrogen-bond donors (Lipinski definition) is 3. The Morgan fingerprint density at radius 1 is 1.08 bits per heavy atom. The lowest BCUT2D eigenvalue weighted by Crippen LogP contribution is -2.45. The predicted molar refractivity (Wildman–Crippen MR) is 142 cm³/mol. The Labute approximate surface area is 219 Å². The molecule has 0 bridgehead atoms. The van der Waals surface area contributed by atoms with Gasteiger partial charge < -0.3 is 22.1 Å². The van der Waals surface area contributed by atoms with E-state index in [0.29, 0.717) is 26.5 Å². The highest BCUT2D eigenvalue weighted by Crippen LogP contribution is 2.51. The fourth-order valence-corrected chi connectivity index (χ4v) is 6.56. The Kier molecular flexibility index (Phi) is 5.81. The minimum absolute atomic E-state index is 0.00793. The number of carbonyl (C=O) groups is 1. The molecule has 1 aliphatic heterocycles. The van der Waals surface area contributed by atoms with Crippen LogP contribution >= 0.6 is 23.4 Å². The summed E-state index contributed by atoms with van der Waals surface area (Å²) in [5, 5.41) is 0.773. The van der Waals surface area contributed by atoms with Gasteiger partial charge >= 0.3 is 0 Å². The zero-order valence-corrected chi connectivity index (χ0v) is 21.4. The van der Waals surface area contributed by atoms with Crippen LogP contribution in [-0.2, 0) is 6.42 Å². The van der Waals surface area contributed by atoms with Crippen LogP contribution in [0, 0.1) is 11.3 Å². The van der Waals surface area contributed by atoms with Crippen molar-refractivity contribution in [2.75, 3.05) is 29.5 Å². The molecule has 186 valence electrons. The molecule has 2 aliphatic carbocycles. The minimum atomic E-state index is 0.00793. The van der Waals surface area contributed by atoms with E-state index >= 15 is 0 Å². The number of hydrogen-bond acceptors (Lipinski definition) is 9. The number of benzene rings is 1. The van der Waals surface area contributed by atoms with E-state index in [9.17, 15) is 4.79 Å². The second kappa shape index (κ2) is 8.90. The highest BCUT2D eigenvalue weighted by molar-refractivity contribution is 7.99. The van der Waals surface area contributed by atoms with Crippen LogP contribution < -0.4 is 22.1 Å². The average molecular weight is 522 g/mol. The van der Waals surface area contributed by atoms with Crippen LogP contribution in [0.15, 0.2) is 46.5 Å². The van der Waals surface area contributed by atoms with Gasteiger partial charge in [0.15, 0.2) is 23.1 Å². The lowest BCUT2D eigenvalue weighted by Gasteiger charge is -2.43. The number of carbonyl (C=O) groups excluding carboxylic acids is 1. The van der Waals surface area contributed by atoms with Crippen LogP contribution in [0.25, 0.3) is 0 Å². The van der Waals surface area contributed by atoms with E-state index in [2.05, 4.69) is 34.1 Å². The third-order valence-electron chi connectivity index (χ3n) is 7.79. The van der Waals surface area contributed by atoms with Gasteiger partial charge in [-0.05, 0) is 54.7 Å². The number of Topliss-reactive ketones (excluding diaryl/α,β-unsaturated/α-hetero) is 1. The molecule has 6 rings (SSSR count). The lowest BCUT2D eigenvalue weighted by atomic mass is 9.73. The summed E-state index contributed by atoms with van der Waals surface area (Å²) in [7, 11) is 0. The molecule has 0 amide bonds. The van der Waals surface area contributed by atoms with Gasteiger partial charge in [0.05, 0.1) is 5.02 Å². The Morgan fingerprint density at radius 3 is 2.56 bits per heavy atom. The van der Waals surface area contributed by atoms with E-state index in [1.807, 2.05) is 0 Å². The van der Waals surface area contributed by atoms with E-state index in [1.54, 1.807) is 12.3 Å². The van der Waals surface area contributed by atoms with Crippen molar-refractivity contribution in [1.29, 1.82) is 0 Å². The molecule has 6 N–H and O–H groups in total. The Morgan fingerprint density at radius 2 is 1.83 bits per heavy atom. The molecule has 8 nitrogen and oxygen atoms in total. The van der Waals surface area contributed by atoms with Crippen LogP contribution in [0.1, 0.15) is 53.3 Å². The van der Waals surface area contributed by atoms with Crippen molar-refractivity contribution in [3.8, 4) is 0 Å². The third kappa shape index (κ3) is 3.99. The van der Waals surface area contributed by atoms with E-state index < -0.39 is 0 Å². The topological polar surface area (TPSA) is 137 Å². The van der Waals surface area contributed by atoms with Crippen molar-refractivity contribution in [2.45, 2.75) is 48.1 Å². The first-order valence-electron chi connectivity index (χ1n) is 12.2. The highest BCUT2D eigenvalue weighted by Gasteiger charge is 2.46. The molecule has 3 aromatic rings. The number of piperidine rings is 1. The van der Waals surface area contributed by atoms with Gasteiger partial charge in [0.1, 0.15) is 10.8 Å². The van der Waals surface area contributed by atoms with E-state index in [-0.39, 0.29) is 34.8 Å². The van der Waals surface area contributed by atoms with Crippen molar-refractivity contribution in [3.63, 3.8) is 0 Å². The summed E-state index contributed by atoms with van der Waals surface area (Å²) in [6, 6.07) is 10.3. The molecule has 1 atom stereocenters. The van der Waals surface area contributed by atoms with Crippen molar-refractivity contribution < 1.29 is 4.79 Å². The quantitative estimate of drug-likeness (QED) is 0.420. The molecular weight excluding hydrogens is 494 g/mol. The van der Waals surface area contributed by atoms with Crippen LogP contribution in [0.4, 0.5) is 17.5 Å². The second-order valence-corrected chi connectivity index (χ2v) is 11.4. The smallest absolute Gasteiger partial charge is 0.188 e. The summed E-state index contributed by atoms with van der Waals surface area (Å²) in [5.74, 6) is 1.11. The molecule has 3 aliphatic rings. The van der Waals surface area contributed by atoms with Gasteiger partial charge in [-0.2, -0.15) is 0 Å². The molecule has 1 spiro atoms. The van der Waals surface area contributed by atoms with Crippen molar-refractivity contribution in [1.82, 2.24) is 15.0 Å². The monoisotopic (exact) mass is 521 g/mol. The number of ketones is 1. The van der Waals surface area contributed by atoms with E-state index in [1.165, 1.54) is 22.9 Å². The molecule has 36 heavy (non-hydrogen) atoms. The number of nitrogens with two attached hydrogens (primary N) is 3. The number of anilines is 3. The first-order chi connectivity index (χ1) is 17.4. The predicted octanol–water partition coefficient (Wildman–Crippen LogP) is 4.28. The molecule has 0 unspecified atom stereocenters. The summed E-state index contributed by atoms with van der Waals surface area (Å²) in [6.45, 7) is 1.50. The first-order valence-corrected chi connectivity index (χ1v) is 13.4. The van der Waals surface area contributed by atoms with Gasteiger partial charge in [-0.3, -0.25) is 4.79 Å². The maximum atomic E-state index is 13.3. The molecule has 2 fully saturated rings. The zero-order valence-electron chi connectivity index (χ0n) is 19.8. The number of rotatable bonds is 5. The normalized spacial score (nSPS) is 20.5. The van der Waals surface area contributed by atoms with Crippen molar-refractivity contribution >= 4 is 46.6 Å². The Bertz CT molecular complexity index is 1350. The summed E-state index contributed by atoms with van der Waals surface area (Å²) in [5.41, 5.74) is 22.0. The van der Waals surface area contributed by atoms with E-state index in [4.69, 9.17) is 38.8 Å². The number of nitrogens with zero attached hydrogens (tertiary/aromatic N) is 4. The van der Waals surface area contributed by atoms with Gasteiger partial charge in [-0.1, -0.05) is 47.6 Å². The molecule has 10 heteroatoms.